The van der Waals surface area contributed by atoms with Crippen LogP contribution in [0.15, 0.2) is 47.4 Å². The molecule has 2 aromatic carbocycles. The quantitative estimate of drug-likeness (QED) is 0.774. The standard InChI is InChI=1S/C19H18ClN3O2S.ClH/c20-14-4-2-1-3-13(14)16-10-21-7-8-23(16)19(25)12-5-6-17-15(9-12)22-18(24)11-26-17;/h1-6,9,16,21H,7-8,10-11H2,(H,22,24);1H. The number of hydrogen-bond donors (Lipinski definition) is 2. The maximum atomic E-state index is 13.2. The van der Waals surface area contributed by atoms with Crippen molar-refractivity contribution in [3.8, 4) is 0 Å². The van der Waals surface area contributed by atoms with Gasteiger partial charge in [-0.05, 0) is 29.8 Å². The average Bonchev–Trinajstić information content (AvgIpc) is 2.67. The molecular weight excluding hydrogens is 405 g/mol. The van der Waals surface area contributed by atoms with Crippen LogP contribution in [0.4, 0.5) is 5.69 Å². The Labute approximate surface area is 173 Å². The fourth-order valence-corrected chi connectivity index (χ4v) is 4.40. The number of thioether (sulfide) groups is 1. The van der Waals surface area contributed by atoms with E-state index in [1.807, 2.05) is 41.3 Å². The number of nitrogens with one attached hydrogen (secondary N) is 2. The molecule has 5 nitrogen and oxygen atoms in total. The molecule has 0 saturated carbocycles. The van der Waals surface area contributed by atoms with Crippen molar-refractivity contribution in [2.75, 3.05) is 30.7 Å². The molecule has 2 aliphatic rings. The predicted octanol–water partition coefficient (Wildman–Crippen LogP) is 3.59. The van der Waals surface area contributed by atoms with Gasteiger partial charge in [0.2, 0.25) is 5.91 Å². The van der Waals surface area contributed by atoms with E-state index in [4.69, 9.17) is 11.6 Å². The number of rotatable bonds is 2. The number of piperazine rings is 1. The van der Waals surface area contributed by atoms with Gasteiger partial charge in [0.05, 0.1) is 17.5 Å². The molecule has 2 aromatic rings. The van der Waals surface area contributed by atoms with Crippen LogP contribution in [0.5, 0.6) is 0 Å². The van der Waals surface area contributed by atoms with Crippen LogP contribution in [0.25, 0.3) is 0 Å². The Morgan fingerprint density at radius 3 is 2.85 bits per heavy atom. The van der Waals surface area contributed by atoms with Gasteiger partial charge in [-0.25, -0.2) is 0 Å². The normalized spacial score (nSPS) is 18.9. The van der Waals surface area contributed by atoms with Gasteiger partial charge in [0.25, 0.3) is 5.91 Å². The lowest BCUT2D eigenvalue weighted by Gasteiger charge is -2.37. The third kappa shape index (κ3) is 4.09. The summed E-state index contributed by atoms with van der Waals surface area (Å²) in [5.41, 5.74) is 2.23. The van der Waals surface area contributed by atoms with E-state index in [9.17, 15) is 9.59 Å². The van der Waals surface area contributed by atoms with Gasteiger partial charge in [0.1, 0.15) is 0 Å². The summed E-state index contributed by atoms with van der Waals surface area (Å²) in [4.78, 5) is 27.7. The predicted molar refractivity (Wildman–Crippen MR) is 111 cm³/mol. The first-order valence-corrected chi connectivity index (χ1v) is 9.82. The lowest BCUT2D eigenvalue weighted by atomic mass is 10.0. The molecule has 0 radical (unpaired) electrons. The first kappa shape index (κ1) is 20.0. The Bertz CT molecular complexity index is 878. The molecule has 0 aromatic heterocycles. The number of carbonyl (C=O) groups is 2. The van der Waals surface area contributed by atoms with E-state index in [0.29, 0.717) is 35.1 Å². The van der Waals surface area contributed by atoms with Crippen molar-refractivity contribution in [3.63, 3.8) is 0 Å². The second kappa shape index (κ2) is 8.52. The highest BCUT2D eigenvalue weighted by Crippen LogP contribution is 2.34. The molecule has 1 saturated heterocycles. The molecule has 2 N–H and O–H groups in total. The van der Waals surface area contributed by atoms with Gasteiger partial charge in [-0.2, -0.15) is 0 Å². The summed E-state index contributed by atoms with van der Waals surface area (Å²) in [6, 6.07) is 13.0. The van der Waals surface area contributed by atoms with Crippen molar-refractivity contribution >= 4 is 53.3 Å². The van der Waals surface area contributed by atoms with Gasteiger partial charge in [-0.1, -0.05) is 29.8 Å². The summed E-state index contributed by atoms with van der Waals surface area (Å²) in [5, 5.41) is 6.85. The van der Waals surface area contributed by atoms with Crippen LogP contribution >= 0.6 is 35.8 Å². The summed E-state index contributed by atoms with van der Waals surface area (Å²) < 4.78 is 0. The summed E-state index contributed by atoms with van der Waals surface area (Å²) in [6.07, 6.45) is 0. The van der Waals surface area contributed by atoms with Gasteiger partial charge in [-0.3, -0.25) is 9.59 Å². The third-order valence-electron chi connectivity index (χ3n) is 4.63. The second-order valence-corrected chi connectivity index (χ2v) is 7.71. The summed E-state index contributed by atoms with van der Waals surface area (Å²) in [5.74, 6) is 0.319. The van der Waals surface area contributed by atoms with Gasteiger partial charge >= 0.3 is 0 Å². The molecule has 142 valence electrons. The Morgan fingerprint density at radius 2 is 2.04 bits per heavy atom. The number of fused-ring (bicyclic) bond motifs is 1. The summed E-state index contributed by atoms with van der Waals surface area (Å²) in [7, 11) is 0. The Morgan fingerprint density at radius 1 is 1.22 bits per heavy atom. The molecule has 2 heterocycles. The number of amides is 2. The molecule has 27 heavy (non-hydrogen) atoms. The molecule has 0 spiro atoms. The highest BCUT2D eigenvalue weighted by atomic mass is 35.5. The van der Waals surface area contributed by atoms with Crippen LogP contribution in [-0.2, 0) is 4.79 Å². The van der Waals surface area contributed by atoms with Gasteiger partial charge in [0.15, 0.2) is 0 Å². The van der Waals surface area contributed by atoms with Crippen molar-refractivity contribution in [1.29, 1.82) is 0 Å². The fourth-order valence-electron chi connectivity index (χ4n) is 3.35. The number of benzene rings is 2. The lowest BCUT2D eigenvalue weighted by Crippen LogP contribution is -2.48. The Hall–Kier alpha value is -1.73. The molecule has 0 bridgehead atoms. The highest BCUT2D eigenvalue weighted by Gasteiger charge is 2.30. The largest absolute Gasteiger partial charge is 0.329 e. The minimum atomic E-state index is -0.120. The van der Waals surface area contributed by atoms with E-state index in [-0.39, 0.29) is 30.3 Å². The smallest absolute Gasteiger partial charge is 0.254 e. The van der Waals surface area contributed by atoms with Crippen molar-refractivity contribution in [2.24, 2.45) is 0 Å². The molecule has 1 unspecified atom stereocenters. The highest BCUT2D eigenvalue weighted by molar-refractivity contribution is 8.00. The van der Waals surface area contributed by atoms with Crippen LogP contribution in [0.3, 0.4) is 0 Å². The second-order valence-electron chi connectivity index (χ2n) is 6.29. The molecule has 0 aliphatic carbocycles. The Kier molecular flexibility index (Phi) is 6.32. The van der Waals surface area contributed by atoms with E-state index >= 15 is 0 Å². The number of hydrogen-bond acceptors (Lipinski definition) is 4. The first-order valence-electron chi connectivity index (χ1n) is 8.46. The zero-order chi connectivity index (χ0) is 18.1. The van der Waals surface area contributed by atoms with Gasteiger partial charge in [-0.15, -0.1) is 24.2 Å². The topological polar surface area (TPSA) is 61.4 Å². The zero-order valence-electron chi connectivity index (χ0n) is 14.4. The molecule has 4 rings (SSSR count). The first-order chi connectivity index (χ1) is 12.6. The number of carbonyl (C=O) groups excluding carboxylic acids is 2. The molecule has 2 aliphatic heterocycles. The van der Waals surface area contributed by atoms with E-state index in [1.54, 1.807) is 6.07 Å². The van der Waals surface area contributed by atoms with Gasteiger partial charge < -0.3 is 15.5 Å². The van der Waals surface area contributed by atoms with Crippen molar-refractivity contribution in [1.82, 2.24) is 10.2 Å². The van der Waals surface area contributed by atoms with Crippen LogP contribution in [0, 0.1) is 0 Å². The average molecular weight is 424 g/mol. The monoisotopic (exact) mass is 423 g/mol. The fraction of sp³-hybridized carbons (Fsp3) is 0.263. The SMILES string of the molecule is Cl.O=C1CSc2ccc(C(=O)N3CCNCC3c3ccccc3Cl)cc2N1. The summed E-state index contributed by atoms with van der Waals surface area (Å²) >= 11 is 7.86. The minimum Gasteiger partial charge on any atom is -0.329 e. The molecule has 8 heteroatoms. The minimum absolute atomic E-state index is 0. The number of anilines is 1. The molecule has 1 atom stereocenters. The van der Waals surface area contributed by atoms with Gasteiger partial charge in [0, 0.05) is 35.1 Å². The number of nitrogens with zero attached hydrogens (tertiary/aromatic N) is 1. The van der Waals surface area contributed by atoms with E-state index in [0.717, 1.165) is 17.0 Å². The van der Waals surface area contributed by atoms with Crippen LogP contribution in [0.1, 0.15) is 22.0 Å². The number of halogens is 2. The lowest BCUT2D eigenvalue weighted by molar-refractivity contribution is -0.113. The Balaban J connectivity index is 0.00000210. The maximum Gasteiger partial charge on any atom is 0.254 e. The van der Waals surface area contributed by atoms with E-state index in [1.165, 1.54) is 11.8 Å². The van der Waals surface area contributed by atoms with Crippen molar-refractivity contribution < 1.29 is 9.59 Å². The van der Waals surface area contributed by atoms with Crippen LogP contribution in [-0.4, -0.2) is 42.1 Å². The van der Waals surface area contributed by atoms with Crippen molar-refractivity contribution in [2.45, 2.75) is 10.9 Å². The molecule has 1 fully saturated rings. The molecule has 2 amide bonds. The maximum absolute atomic E-state index is 13.2. The summed E-state index contributed by atoms with van der Waals surface area (Å²) in [6.45, 7) is 2.00. The third-order valence-corrected chi connectivity index (χ3v) is 6.05. The van der Waals surface area contributed by atoms with E-state index < -0.39 is 0 Å². The molecular formula is C19H19Cl2N3O2S. The van der Waals surface area contributed by atoms with Crippen LogP contribution in [0.2, 0.25) is 5.02 Å². The van der Waals surface area contributed by atoms with Crippen molar-refractivity contribution in [3.05, 3.63) is 58.6 Å². The van der Waals surface area contributed by atoms with Crippen LogP contribution < -0.4 is 10.6 Å². The van der Waals surface area contributed by atoms with E-state index in [2.05, 4.69) is 10.6 Å². The zero-order valence-corrected chi connectivity index (χ0v) is 16.8.